The molecule has 0 bridgehead atoms. The SMILES string of the molecule is Cc1nc2cc(NC(=O)CCCCC(=O)O)ccc2o1. The summed E-state index contributed by atoms with van der Waals surface area (Å²) in [7, 11) is 0. The molecule has 106 valence electrons. The Bertz CT molecular complexity index is 633. The number of hydrogen-bond donors (Lipinski definition) is 2. The van der Waals surface area contributed by atoms with E-state index in [1.54, 1.807) is 25.1 Å². The molecule has 1 aromatic carbocycles. The van der Waals surface area contributed by atoms with Gasteiger partial charge >= 0.3 is 5.97 Å². The van der Waals surface area contributed by atoms with Crippen LogP contribution in [-0.4, -0.2) is 22.0 Å². The second-order valence-electron chi connectivity index (χ2n) is 4.56. The van der Waals surface area contributed by atoms with E-state index in [2.05, 4.69) is 10.3 Å². The summed E-state index contributed by atoms with van der Waals surface area (Å²) in [5, 5.41) is 11.3. The maximum atomic E-state index is 11.7. The molecule has 0 fully saturated rings. The van der Waals surface area contributed by atoms with Crippen molar-refractivity contribution in [1.82, 2.24) is 4.98 Å². The number of benzene rings is 1. The lowest BCUT2D eigenvalue weighted by Crippen LogP contribution is -2.11. The van der Waals surface area contributed by atoms with Gasteiger partial charge in [0, 0.05) is 25.5 Å². The van der Waals surface area contributed by atoms with Crippen molar-refractivity contribution in [1.29, 1.82) is 0 Å². The molecule has 1 amide bonds. The number of aryl methyl sites for hydroxylation is 1. The molecule has 0 spiro atoms. The van der Waals surface area contributed by atoms with Crippen LogP contribution in [0.15, 0.2) is 22.6 Å². The molecule has 6 heteroatoms. The summed E-state index contributed by atoms with van der Waals surface area (Å²) in [4.78, 5) is 26.2. The highest BCUT2D eigenvalue weighted by molar-refractivity contribution is 5.92. The molecule has 20 heavy (non-hydrogen) atoms. The fourth-order valence-electron chi connectivity index (χ4n) is 1.91. The monoisotopic (exact) mass is 276 g/mol. The first-order chi connectivity index (χ1) is 9.54. The first kappa shape index (κ1) is 14.0. The van der Waals surface area contributed by atoms with Gasteiger partial charge in [0.1, 0.15) is 5.52 Å². The third kappa shape index (κ3) is 3.81. The Kier molecular flexibility index (Phi) is 4.34. The van der Waals surface area contributed by atoms with Crippen molar-refractivity contribution in [2.24, 2.45) is 0 Å². The number of unbranched alkanes of at least 4 members (excludes halogenated alkanes) is 1. The van der Waals surface area contributed by atoms with Crippen LogP contribution >= 0.6 is 0 Å². The van der Waals surface area contributed by atoms with E-state index in [0.29, 0.717) is 41.9 Å². The van der Waals surface area contributed by atoms with E-state index in [4.69, 9.17) is 9.52 Å². The molecular formula is C14H16N2O4. The van der Waals surface area contributed by atoms with Crippen molar-refractivity contribution in [3.8, 4) is 0 Å². The van der Waals surface area contributed by atoms with Crippen molar-refractivity contribution in [3.63, 3.8) is 0 Å². The van der Waals surface area contributed by atoms with Crippen molar-refractivity contribution in [2.75, 3.05) is 5.32 Å². The van der Waals surface area contributed by atoms with E-state index in [1.807, 2.05) is 0 Å². The van der Waals surface area contributed by atoms with Gasteiger partial charge in [0.05, 0.1) is 0 Å². The lowest BCUT2D eigenvalue weighted by molar-refractivity contribution is -0.137. The minimum Gasteiger partial charge on any atom is -0.481 e. The molecule has 0 atom stereocenters. The normalized spacial score (nSPS) is 10.7. The molecule has 0 aliphatic carbocycles. The first-order valence-corrected chi connectivity index (χ1v) is 6.43. The molecule has 2 N–H and O–H groups in total. The molecule has 0 saturated heterocycles. The van der Waals surface area contributed by atoms with E-state index in [-0.39, 0.29) is 12.3 Å². The maximum Gasteiger partial charge on any atom is 0.303 e. The number of hydrogen-bond acceptors (Lipinski definition) is 4. The second-order valence-corrected chi connectivity index (χ2v) is 4.56. The van der Waals surface area contributed by atoms with Gasteiger partial charge < -0.3 is 14.8 Å². The number of nitrogens with zero attached hydrogens (tertiary/aromatic N) is 1. The zero-order valence-corrected chi connectivity index (χ0v) is 11.2. The first-order valence-electron chi connectivity index (χ1n) is 6.43. The highest BCUT2D eigenvalue weighted by Crippen LogP contribution is 2.19. The highest BCUT2D eigenvalue weighted by atomic mass is 16.4. The summed E-state index contributed by atoms with van der Waals surface area (Å²) >= 11 is 0. The average Bonchev–Trinajstić information content (AvgIpc) is 2.74. The van der Waals surface area contributed by atoms with Gasteiger partial charge in [-0.05, 0) is 31.0 Å². The Morgan fingerprint density at radius 1 is 1.30 bits per heavy atom. The Labute approximate surface area is 115 Å². The molecule has 0 aliphatic heterocycles. The van der Waals surface area contributed by atoms with E-state index in [9.17, 15) is 9.59 Å². The predicted octanol–water partition coefficient (Wildman–Crippen LogP) is 2.72. The number of carbonyl (C=O) groups excluding carboxylic acids is 1. The maximum absolute atomic E-state index is 11.7. The number of carboxylic acid groups (broad SMARTS) is 1. The molecule has 2 rings (SSSR count). The highest BCUT2D eigenvalue weighted by Gasteiger charge is 2.06. The van der Waals surface area contributed by atoms with Crippen LogP contribution in [0.5, 0.6) is 0 Å². The summed E-state index contributed by atoms with van der Waals surface area (Å²) in [6.07, 6.45) is 1.47. The van der Waals surface area contributed by atoms with Gasteiger partial charge in [-0.15, -0.1) is 0 Å². The predicted molar refractivity (Wildman–Crippen MR) is 73.5 cm³/mol. The van der Waals surface area contributed by atoms with E-state index in [1.165, 1.54) is 0 Å². The quantitative estimate of drug-likeness (QED) is 0.791. The number of nitrogens with one attached hydrogen (secondary N) is 1. The van der Waals surface area contributed by atoms with Crippen LogP contribution in [0, 0.1) is 6.92 Å². The summed E-state index contributed by atoms with van der Waals surface area (Å²) in [5.74, 6) is -0.385. The van der Waals surface area contributed by atoms with Gasteiger partial charge in [-0.25, -0.2) is 4.98 Å². The Balaban J connectivity index is 1.87. The van der Waals surface area contributed by atoms with Crippen LogP contribution in [0.2, 0.25) is 0 Å². The van der Waals surface area contributed by atoms with Crippen molar-refractivity contribution >= 4 is 28.7 Å². The molecule has 1 aromatic heterocycles. The number of rotatable bonds is 6. The topological polar surface area (TPSA) is 92.4 Å². The van der Waals surface area contributed by atoms with Crippen LogP contribution < -0.4 is 5.32 Å². The molecule has 0 saturated carbocycles. The minimum atomic E-state index is -0.836. The third-order valence-electron chi connectivity index (χ3n) is 2.82. The van der Waals surface area contributed by atoms with Crippen LogP contribution in [-0.2, 0) is 9.59 Å². The second kappa shape index (κ2) is 6.18. The summed E-state index contributed by atoms with van der Waals surface area (Å²) in [5.41, 5.74) is 2.04. The number of oxazole rings is 1. The fraction of sp³-hybridized carbons (Fsp3) is 0.357. The number of carboxylic acids is 1. The number of fused-ring (bicyclic) bond motifs is 1. The van der Waals surface area contributed by atoms with Gasteiger partial charge in [0.25, 0.3) is 0 Å². The van der Waals surface area contributed by atoms with E-state index >= 15 is 0 Å². The molecular weight excluding hydrogens is 260 g/mol. The number of aromatic nitrogens is 1. The van der Waals surface area contributed by atoms with Crippen molar-refractivity contribution in [3.05, 3.63) is 24.1 Å². The molecule has 1 heterocycles. The van der Waals surface area contributed by atoms with E-state index in [0.717, 1.165) is 0 Å². The zero-order valence-electron chi connectivity index (χ0n) is 11.2. The molecule has 6 nitrogen and oxygen atoms in total. The van der Waals surface area contributed by atoms with Crippen molar-refractivity contribution < 1.29 is 19.1 Å². The summed E-state index contributed by atoms with van der Waals surface area (Å²) in [6, 6.07) is 5.26. The summed E-state index contributed by atoms with van der Waals surface area (Å²) in [6.45, 7) is 1.76. The Morgan fingerprint density at radius 2 is 2.05 bits per heavy atom. The van der Waals surface area contributed by atoms with Gasteiger partial charge in [-0.3, -0.25) is 9.59 Å². The number of anilines is 1. The molecule has 2 aromatic rings. The standard InChI is InChI=1S/C14H16N2O4/c1-9-15-11-8-10(6-7-12(11)20-9)16-13(17)4-2-3-5-14(18)19/h6-8H,2-5H2,1H3,(H,16,17)(H,18,19). The average molecular weight is 276 g/mol. The van der Waals surface area contributed by atoms with Crippen LogP contribution in [0.4, 0.5) is 5.69 Å². The number of aliphatic carboxylic acids is 1. The van der Waals surface area contributed by atoms with Crippen LogP contribution in [0.3, 0.4) is 0 Å². The lowest BCUT2D eigenvalue weighted by Gasteiger charge is -2.04. The van der Waals surface area contributed by atoms with Crippen LogP contribution in [0.1, 0.15) is 31.6 Å². The minimum absolute atomic E-state index is 0.0947. The lowest BCUT2D eigenvalue weighted by atomic mass is 10.2. The number of carbonyl (C=O) groups is 2. The molecule has 0 unspecified atom stereocenters. The van der Waals surface area contributed by atoms with E-state index < -0.39 is 5.97 Å². The molecule has 0 radical (unpaired) electrons. The summed E-state index contributed by atoms with van der Waals surface area (Å²) < 4.78 is 5.35. The fourth-order valence-corrected chi connectivity index (χ4v) is 1.91. The van der Waals surface area contributed by atoms with Crippen molar-refractivity contribution in [2.45, 2.75) is 32.6 Å². The smallest absolute Gasteiger partial charge is 0.303 e. The Morgan fingerprint density at radius 3 is 2.80 bits per heavy atom. The number of amides is 1. The zero-order chi connectivity index (χ0) is 14.5. The van der Waals surface area contributed by atoms with Gasteiger partial charge in [-0.2, -0.15) is 0 Å². The van der Waals surface area contributed by atoms with Gasteiger partial charge in [-0.1, -0.05) is 0 Å². The third-order valence-corrected chi connectivity index (χ3v) is 2.82. The van der Waals surface area contributed by atoms with Gasteiger partial charge in [0.15, 0.2) is 11.5 Å². The van der Waals surface area contributed by atoms with Gasteiger partial charge in [0.2, 0.25) is 5.91 Å². The van der Waals surface area contributed by atoms with Crippen LogP contribution in [0.25, 0.3) is 11.1 Å². The Hall–Kier alpha value is -2.37. The molecule has 0 aliphatic rings. The largest absolute Gasteiger partial charge is 0.481 e.